The number of piperidine rings is 1. The highest BCUT2D eigenvalue weighted by Crippen LogP contribution is 2.28. The molecule has 3 aromatic rings. The molecule has 1 fully saturated rings. The summed E-state index contributed by atoms with van der Waals surface area (Å²) in [6, 6.07) is 13.8. The minimum atomic E-state index is 0.378. The first-order chi connectivity index (χ1) is 12.4. The Morgan fingerprint density at radius 1 is 0.880 bits per heavy atom. The van der Waals surface area contributed by atoms with E-state index in [1.54, 1.807) is 18.6 Å². The maximum atomic E-state index is 4.80. The number of hydrogen-bond donors (Lipinski definition) is 1. The van der Waals surface area contributed by atoms with E-state index in [0.717, 1.165) is 49.2 Å². The molecule has 1 saturated heterocycles. The first-order valence-corrected chi connectivity index (χ1v) is 8.55. The normalized spacial score (nSPS) is 17.3. The SMILES string of the molecule is c1ccc(Nc2cccc(C3CCCN(c4ncccn4)C3)n2)nc1. The van der Waals surface area contributed by atoms with Crippen molar-refractivity contribution in [3.8, 4) is 0 Å². The molecular weight excluding hydrogens is 312 g/mol. The van der Waals surface area contributed by atoms with Gasteiger partial charge in [-0.15, -0.1) is 0 Å². The van der Waals surface area contributed by atoms with E-state index in [2.05, 4.69) is 31.2 Å². The molecule has 6 heteroatoms. The van der Waals surface area contributed by atoms with Crippen molar-refractivity contribution >= 4 is 17.6 Å². The topological polar surface area (TPSA) is 66.8 Å². The summed E-state index contributed by atoms with van der Waals surface area (Å²) in [7, 11) is 0. The maximum absolute atomic E-state index is 4.80. The van der Waals surface area contributed by atoms with Gasteiger partial charge in [0, 0.05) is 43.3 Å². The molecule has 0 saturated carbocycles. The number of hydrogen-bond acceptors (Lipinski definition) is 6. The Morgan fingerprint density at radius 3 is 2.56 bits per heavy atom. The number of anilines is 3. The van der Waals surface area contributed by atoms with E-state index in [1.807, 2.05) is 36.4 Å². The summed E-state index contributed by atoms with van der Waals surface area (Å²) in [4.78, 5) is 20.1. The lowest BCUT2D eigenvalue weighted by molar-refractivity contribution is 0.495. The smallest absolute Gasteiger partial charge is 0.225 e. The lowest BCUT2D eigenvalue weighted by Crippen LogP contribution is -2.35. The van der Waals surface area contributed by atoms with Crippen LogP contribution in [0.5, 0.6) is 0 Å². The third kappa shape index (κ3) is 3.74. The van der Waals surface area contributed by atoms with Crippen molar-refractivity contribution in [2.24, 2.45) is 0 Å². The van der Waals surface area contributed by atoms with Crippen LogP contribution in [0.4, 0.5) is 17.6 Å². The zero-order valence-electron chi connectivity index (χ0n) is 13.9. The molecule has 1 N–H and O–H groups in total. The highest BCUT2D eigenvalue weighted by Gasteiger charge is 2.24. The van der Waals surface area contributed by atoms with Gasteiger partial charge < -0.3 is 10.2 Å². The molecule has 0 aliphatic carbocycles. The fourth-order valence-corrected chi connectivity index (χ4v) is 3.17. The van der Waals surface area contributed by atoms with Crippen LogP contribution in [0, 0.1) is 0 Å². The van der Waals surface area contributed by atoms with Gasteiger partial charge in [-0.3, -0.25) is 0 Å². The third-order valence-electron chi connectivity index (χ3n) is 4.37. The van der Waals surface area contributed by atoms with Crippen molar-refractivity contribution in [2.75, 3.05) is 23.3 Å². The van der Waals surface area contributed by atoms with Crippen molar-refractivity contribution in [3.63, 3.8) is 0 Å². The van der Waals surface area contributed by atoms with Crippen LogP contribution in [0.25, 0.3) is 0 Å². The molecule has 3 aromatic heterocycles. The Kier molecular flexibility index (Phi) is 4.50. The van der Waals surface area contributed by atoms with Crippen LogP contribution < -0.4 is 10.2 Å². The molecule has 1 aliphatic rings. The van der Waals surface area contributed by atoms with Gasteiger partial charge in [0.1, 0.15) is 11.6 Å². The largest absolute Gasteiger partial charge is 0.340 e. The van der Waals surface area contributed by atoms with Gasteiger partial charge in [-0.25, -0.2) is 19.9 Å². The summed E-state index contributed by atoms with van der Waals surface area (Å²) in [5.41, 5.74) is 1.10. The first-order valence-electron chi connectivity index (χ1n) is 8.55. The predicted molar refractivity (Wildman–Crippen MR) is 98.0 cm³/mol. The van der Waals surface area contributed by atoms with Crippen LogP contribution in [0.1, 0.15) is 24.5 Å². The highest BCUT2D eigenvalue weighted by atomic mass is 15.3. The molecule has 0 radical (unpaired) electrons. The molecule has 0 bridgehead atoms. The standard InChI is InChI=1S/C19H20N6/c1-2-10-20-17(8-1)24-18-9-3-7-16(23-18)15-6-4-13-25(14-15)19-21-11-5-12-22-19/h1-3,5,7-12,15H,4,6,13-14H2,(H,20,23,24). The minimum absolute atomic E-state index is 0.378. The molecule has 0 aromatic carbocycles. The van der Waals surface area contributed by atoms with Gasteiger partial charge in [-0.2, -0.15) is 0 Å². The van der Waals surface area contributed by atoms with Crippen molar-refractivity contribution in [3.05, 3.63) is 66.7 Å². The molecule has 4 rings (SSSR count). The van der Waals surface area contributed by atoms with Crippen LogP contribution in [0.3, 0.4) is 0 Å². The Bertz CT molecular complexity index is 808. The first kappa shape index (κ1) is 15.5. The lowest BCUT2D eigenvalue weighted by atomic mass is 9.94. The summed E-state index contributed by atoms with van der Waals surface area (Å²) in [6.45, 7) is 1.89. The van der Waals surface area contributed by atoms with E-state index in [-0.39, 0.29) is 0 Å². The molecule has 126 valence electrons. The zero-order valence-corrected chi connectivity index (χ0v) is 13.9. The van der Waals surface area contributed by atoms with Crippen LogP contribution >= 0.6 is 0 Å². The second-order valence-corrected chi connectivity index (χ2v) is 6.12. The average Bonchev–Trinajstić information content (AvgIpc) is 2.70. The summed E-state index contributed by atoms with van der Waals surface area (Å²) in [5.74, 6) is 2.80. The lowest BCUT2D eigenvalue weighted by Gasteiger charge is -2.32. The van der Waals surface area contributed by atoms with Gasteiger partial charge in [0.05, 0.1) is 0 Å². The van der Waals surface area contributed by atoms with E-state index in [9.17, 15) is 0 Å². The van der Waals surface area contributed by atoms with E-state index >= 15 is 0 Å². The van der Waals surface area contributed by atoms with Crippen LogP contribution in [-0.2, 0) is 0 Å². The van der Waals surface area contributed by atoms with Crippen molar-refractivity contribution in [2.45, 2.75) is 18.8 Å². The Labute approximate surface area is 147 Å². The number of nitrogens with one attached hydrogen (secondary N) is 1. The average molecular weight is 332 g/mol. The van der Waals surface area contributed by atoms with Crippen molar-refractivity contribution in [1.29, 1.82) is 0 Å². The molecule has 25 heavy (non-hydrogen) atoms. The number of aromatic nitrogens is 4. The molecule has 4 heterocycles. The summed E-state index contributed by atoms with van der Waals surface area (Å²) in [5, 5.41) is 3.27. The van der Waals surface area contributed by atoms with Gasteiger partial charge in [-0.1, -0.05) is 12.1 Å². The van der Waals surface area contributed by atoms with Crippen LogP contribution in [-0.4, -0.2) is 33.0 Å². The Morgan fingerprint density at radius 2 is 1.72 bits per heavy atom. The molecule has 1 unspecified atom stereocenters. The maximum Gasteiger partial charge on any atom is 0.225 e. The van der Waals surface area contributed by atoms with Gasteiger partial charge in [0.25, 0.3) is 0 Å². The Balaban J connectivity index is 1.50. The third-order valence-corrected chi connectivity index (χ3v) is 4.37. The number of pyridine rings is 2. The fraction of sp³-hybridized carbons (Fsp3) is 0.263. The Hall–Kier alpha value is -3.02. The summed E-state index contributed by atoms with van der Waals surface area (Å²) >= 11 is 0. The number of nitrogens with zero attached hydrogens (tertiary/aromatic N) is 5. The van der Waals surface area contributed by atoms with Crippen LogP contribution in [0.2, 0.25) is 0 Å². The van der Waals surface area contributed by atoms with Gasteiger partial charge in [0.2, 0.25) is 5.95 Å². The predicted octanol–water partition coefficient (Wildman–Crippen LogP) is 3.39. The molecule has 0 amide bonds. The number of rotatable bonds is 4. The summed E-state index contributed by atoms with van der Waals surface area (Å²) < 4.78 is 0. The quantitative estimate of drug-likeness (QED) is 0.790. The minimum Gasteiger partial charge on any atom is -0.340 e. The highest BCUT2D eigenvalue weighted by molar-refractivity contribution is 5.51. The molecule has 0 spiro atoms. The zero-order chi connectivity index (χ0) is 16.9. The van der Waals surface area contributed by atoms with E-state index in [4.69, 9.17) is 4.98 Å². The molecule has 6 nitrogen and oxygen atoms in total. The molecular formula is C19H20N6. The molecule has 1 atom stereocenters. The van der Waals surface area contributed by atoms with Gasteiger partial charge in [0.15, 0.2) is 0 Å². The summed E-state index contributed by atoms with van der Waals surface area (Å²) in [6.07, 6.45) is 7.60. The van der Waals surface area contributed by atoms with Crippen LogP contribution in [0.15, 0.2) is 61.1 Å². The fourth-order valence-electron chi connectivity index (χ4n) is 3.17. The van der Waals surface area contributed by atoms with E-state index < -0.39 is 0 Å². The van der Waals surface area contributed by atoms with Gasteiger partial charge >= 0.3 is 0 Å². The second kappa shape index (κ2) is 7.25. The molecule has 1 aliphatic heterocycles. The van der Waals surface area contributed by atoms with Gasteiger partial charge in [-0.05, 0) is 43.2 Å². The van der Waals surface area contributed by atoms with E-state index in [0.29, 0.717) is 5.92 Å². The van der Waals surface area contributed by atoms with Crippen molar-refractivity contribution < 1.29 is 0 Å². The van der Waals surface area contributed by atoms with E-state index in [1.165, 1.54) is 0 Å². The monoisotopic (exact) mass is 332 g/mol. The van der Waals surface area contributed by atoms with Crippen molar-refractivity contribution in [1.82, 2.24) is 19.9 Å². The second-order valence-electron chi connectivity index (χ2n) is 6.12.